The number of para-hydroxylation sites is 1. The minimum atomic E-state index is 0.353. The second-order valence-corrected chi connectivity index (χ2v) is 5.24. The molecular formula is C15H19N3. The Morgan fingerprint density at radius 3 is 2.83 bits per heavy atom. The van der Waals surface area contributed by atoms with Gasteiger partial charge < -0.3 is 0 Å². The van der Waals surface area contributed by atoms with Gasteiger partial charge in [-0.05, 0) is 24.5 Å². The summed E-state index contributed by atoms with van der Waals surface area (Å²) in [7, 11) is 0. The molecule has 0 radical (unpaired) electrons. The van der Waals surface area contributed by atoms with Gasteiger partial charge in [-0.25, -0.2) is 0 Å². The van der Waals surface area contributed by atoms with Crippen molar-refractivity contribution in [1.82, 2.24) is 10.4 Å². The maximum absolute atomic E-state index is 5.63. The van der Waals surface area contributed by atoms with E-state index >= 15 is 0 Å². The van der Waals surface area contributed by atoms with Crippen molar-refractivity contribution in [3.63, 3.8) is 0 Å². The molecule has 3 N–H and O–H groups in total. The molecule has 0 amide bonds. The largest absolute Gasteiger partial charge is 0.271 e. The minimum Gasteiger partial charge on any atom is -0.271 e. The fourth-order valence-electron chi connectivity index (χ4n) is 2.44. The summed E-state index contributed by atoms with van der Waals surface area (Å²) in [6.45, 7) is 0. The SMILES string of the molecule is NNC(Cc1ccc2ccccc2n1)CC1CC1. The van der Waals surface area contributed by atoms with E-state index in [-0.39, 0.29) is 0 Å². The zero-order valence-electron chi connectivity index (χ0n) is 10.5. The van der Waals surface area contributed by atoms with E-state index in [2.05, 4.69) is 29.7 Å². The van der Waals surface area contributed by atoms with E-state index in [1.165, 1.54) is 24.6 Å². The maximum atomic E-state index is 5.63. The summed E-state index contributed by atoms with van der Waals surface area (Å²) in [5.74, 6) is 6.51. The third kappa shape index (κ3) is 2.68. The third-order valence-corrected chi connectivity index (χ3v) is 3.66. The van der Waals surface area contributed by atoms with Crippen LogP contribution >= 0.6 is 0 Å². The number of rotatable bonds is 5. The van der Waals surface area contributed by atoms with Gasteiger partial charge in [-0.15, -0.1) is 0 Å². The van der Waals surface area contributed by atoms with Crippen LogP contribution in [0.3, 0.4) is 0 Å². The van der Waals surface area contributed by atoms with Crippen LogP contribution in [0, 0.1) is 5.92 Å². The van der Waals surface area contributed by atoms with Gasteiger partial charge in [-0.1, -0.05) is 37.1 Å². The molecule has 3 heteroatoms. The Labute approximate surface area is 107 Å². The second kappa shape index (κ2) is 5.04. The van der Waals surface area contributed by atoms with E-state index in [0.717, 1.165) is 23.5 Å². The number of hydrogen-bond donors (Lipinski definition) is 2. The zero-order chi connectivity index (χ0) is 12.4. The smallest absolute Gasteiger partial charge is 0.0705 e. The first-order valence-electron chi connectivity index (χ1n) is 6.66. The van der Waals surface area contributed by atoms with Crippen molar-refractivity contribution in [3.8, 4) is 0 Å². The average molecular weight is 241 g/mol. The summed E-state index contributed by atoms with van der Waals surface area (Å²) in [6.07, 6.45) is 4.81. The average Bonchev–Trinajstić information content (AvgIpc) is 3.22. The third-order valence-electron chi connectivity index (χ3n) is 3.66. The van der Waals surface area contributed by atoms with Gasteiger partial charge in [-0.3, -0.25) is 16.3 Å². The Morgan fingerprint density at radius 1 is 1.22 bits per heavy atom. The first-order chi connectivity index (χ1) is 8.85. The number of hydrazine groups is 1. The Balaban J connectivity index is 1.76. The van der Waals surface area contributed by atoms with Crippen molar-refractivity contribution < 1.29 is 0 Å². The van der Waals surface area contributed by atoms with Gasteiger partial charge in [0.1, 0.15) is 0 Å². The Bertz CT molecular complexity index is 534. The van der Waals surface area contributed by atoms with Crippen molar-refractivity contribution in [2.45, 2.75) is 31.7 Å². The Hall–Kier alpha value is -1.45. The molecule has 18 heavy (non-hydrogen) atoms. The first-order valence-corrected chi connectivity index (χ1v) is 6.66. The lowest BCUT2D eigenvalue weighted by Crippen LogP contribution is -2.37. The van der Waals surface area contributed by atoms with E-state index in [1.807, 2.05) is 12.1 Å². The van der Waals surface area contributed by atoms with Crippen LogP contribution < -0.4 is 11.3 Å². The standard InChI is InChI=1S/C15H19N3/c16-18-14(9-11-5-6-11)10-13-8-7-12-3-1-2-4-15(12)17-13/h1-4,7-8,11,14,18H,5-6,9-10,16H2. The first kappa shape index (κ1) is 11.6. The maximum Gasteiger partial charge on any atom is 0.0705 e. The lowest BCUT2D eigenvalue weighted by atomic mass is 10.0. The highest BCUT2D eigenvalue weighted by Crippen LogP contribution is 2.33. The molecule has 0 aliphatic heterocycles. The molecule has 0 spiro atoms. The molecule has 1 aromatic carbocycles. The molecule has 1 atom stereocenters. The number of fused-ring (bicyclic) bond motifs is 1. The van der Waals surface area contributed by atoms with Gasteiger partial charge in [0.15, 0.2) is 0 Å². The van der Waals surface area contributed by atoms with Gasteiger partial charge >= 0.3 is 0 Å². The molecule has 94 valence electrons. The van der Waals surface area contributed by atoms with Gasteiger partial charge in [0.25, 0.3) is 0 Å². The van der Waals surface area contributed by atoms with Crippen molar-refractivity contribution in [3.05, 3.63) is 42.1 Å². The lowest BCUT2D eigenvalue weighted by molar-refractivity contribution is 0.462. The summed E-state index contributed by atoms with van der Waals surface area (Å²) in [6, 6.07) is 12.8. The number of nitrogens with one attached hydrogen (secondary N) is 1. The molecule has 1 aromatic heterocycles. The summed E-state index contributed by atoms with van der Waals surface area (Å²) in [5, 5.41) is 1.20. The summed E-state index contributed by atoms with van der Waals surface area (Å²) >= 11 is 0. The number of nitrogens with zero attached hydrogens (tertiary/aromatic N) is 1. The molecule has 2 aromatic rings. The normalized spacial score (nSPS) is 16.9. The van der Waals surface area contributed by atoms with E-state index in [4.69, 9.17) is 10.8 Å². The Kier molecular flexibility index (Phi) is 3.26. The zero-order valence-corrected chi connectivity index (χ0v) is 10.5. The molecule has 0 saturated heterocycles. The van der Waals surface area contributed by atoms with Crippen molar-refractivity contribution >= 4 is 10.9 Å². The fourth-order valence-corrected chi connectivity index (χ4v) is 2.44. The van der Waals surface area contributed by atoms with Gasteiger partial charge in [0, 0.05) is 23.5 Å². The van der Waals surface area contributed by atoms with Crippen LogP contribution in [-0.2, 0) is 6.42 Å². The molecular weight excluding hydrogens is 222 g/mol. The number of aromatic nitrogens is 1. The molecule has 1 unspecified atom stereocenters. The molecule has 0 bridgehead atoms. The van der Waals surface area contributed by atoms with Gasteiger partial charge in [0.05, 0.1) is 5.52 Å². The minimum absolute atomic E-state index is 0.353. The number of benzene rings is 1. The van der Waals surface area contributed by atoms with E-state index in [1.54, 1.807) is 0 Å². The topological polar surface area (TPSA) is 50.9 Å². The molecule has 3 rings (SSSR count). The van der Waals surface area contributed by atoms with Crippen LogP contribution in [0.1, 0.15) is 25.0 Å². The summed E-state index contributed by atoms with van der Waals surface area (Å²) in [5.41, 5.74) is 5.12. The fraction of sp³-hybridized carbons (Fsp3) is 0.400. The van der Waals surface area contributed by atoms with Crippen LogP contribution in [-0.4, -0.2) is 11.0 Å². The van der Waals surface area contributed by atoms with E-state index < -0.39 is 0 Å². The quantitative estimate of drug-likeness (QED) is 0.624. The van der Waals surface area contributed by atoms with Crippen LogP contribution in [0.25, 0.3) is 10.9 Å². The van der Waals surface area contributed by atoms with Crippen LogP contribution in [0.15, 0.2) is 36.4 Å². The second-order valence-electron chi connectivity index (χ2n) is 5.24. The highest BCUT2D eigenvalue weighted by atomic mass is 15.2. The molecule has 1 fully saturated rings. The summed E-state index contributed by atoms with van der Waals surface area (Å²) < 4.78 is 0. The summed E-state index contributed by atoms with van der Waals surface area (Å²) in [4.78, 5) is 4.70. The van der Waals surface area contributed by atoms with Crippen molar-refractivity contribution in [2.24, 2.45) is 11.8 Å². The number of pyridine rings is 1. The molecule has 1 aliphatic rings. The molecule has 1 heterocycles. The monoisotopic (exact) mass is 241 g/mol. The van der Waals surface area contributed by atoms with E-state index in [9.17, 15) is 0 Å². The van der Waals surface area contributed by atoms with Crippen LogP contribution in [0.2, 0.25) is 0 Å². The highest BCUT2D eigenvalue weighted by molar-refractivity contribution is 5.78. The van der Waals surface area contributed by atoms with Crippen LogP contribution in [0.5, 0.6) is 0 Å². The molecule has 1 aliphatic carbocycles. The van der Waals surface area contributed by atoms with Gasteiger partial charge in [0.2, 0.25) is 0 Å². The van der Waals surface area contributed by atoms with E-state index in [0.29, 0.717) is 6.04 Å². The molecule has 3 nitrogen and oxygen atoms in total. The molecule has 1 saturated carbocycles. The lowest BCUT2D eigenvalue weighted by Gasteiger charge is -2.15. The predicted molar refractivity (Wildman–Crippen MR) is 73.9 cm³/mol. The Morgan fingerprint density at radius 2 is 2.06 bits per heavy atom. The number of nitrogens with two attached hydrogens (primary N) is 1. The predicted octanol–water partition coefficient (Wildman–Crippen LogP) is 2.41. The van der Waals surface area contributed by atoms with Gasteiger partial charge in [-0.2, -0.15) is 0 Å². The van der Waals surface area contributed by atoms with Crippen molar-refractivity contribution in [1.29, 1.82) is 0 Å². The van der Waals surface area contributed by atoms with Crippen molar-refractivity contribution in [2.75, 3.05) is 0 Å². The van der Waals surface area contributed by atoms with Crippen LogP contribution in [0.4, 0.5) is 0 Å². The highest BCUT2D eigenvalue weighted by Gasteiger charge is 2.25. The number of hydrogen-bond acceptors (Lipinski definition) is 3.